The number of methoxy groups -OCH3 is 1. The highest BCUT2D eigenvalue weighted by Gasteiger charge is 2.09. The number of halogens is 1. The number of hydrogen-bond acceptors (Lipinski definition) is 6. The topological polar surface area (TPSA) is 80.3 Å². The van der Waals surface area contributed by atoms with Crippen molar-refractivity contribution in [1.82, 2.24) is 4.98 Å². The summed E-state index contributed by atoms with van der Waals surface area (Å²) >= 11 is 2.75. The van der Waals surface area contributed by atoms with Crippen LogP contribution < -0.4 is 15.4 Å². The molecule has 0 atom stereocenters. The smallest absolute Gasteiger partial charge is 0.234 e. The number of nitrogens with one attached hydrogen (secondary N) is 2. The molecule has 0 unspecified atom stereocenters. The molecule has 0 fully saturated rings. The number of thiazole rings is 1. The minimum atomic E-state index is -0.349. The van der Waals surface area contributed by atoms with E-state index in [9.17, 15) is 14.0 Å². The molecule has 0 spiro atoms. The Balaban J connectivity index is 1.40. The summed E-state index contributed by atoms with van der Waals surface area (Å²) in [5, 5.41) is 7.88. The first-order valence-electron chi connectivity index (χ1n) is 9.02. The summed E-state index contributed by atoms with van der Waals surface area (Å²) in [5.74, 6) is 0.864. The zero-order chi connectivity index (χ0) is 21.3. The van der Waals surface area contributed by atoms with Crippen molar-refractivity contribution in [3.05, 3.63) is 71.0 Å². The molecule has 6 nitrogen and oxygen atoms in total. The maximum Gasteiger partial charge on any atom is 0.234 e. The van der Waals surface area contributed by atoms with Crippen LogP contribution in [-0.2, 0) is 21.8 Å². The Morgan fingerprint density at radius 2 is 1.80 bits per heavy atom. The van der Waals surface area contributed by atoms with Gasteiger partial charge in [0.1, 0.15) is 11.6 Å². The Hall–Kier alpha value is -2.91. The number of anilines is 2. The SMILES string of the molecule is COc1ccc(CC(=O)Nc2nc(CSCC(=O)Nc3ccc(F)cc3)cs2)cc1. The van der Waals surface area contributed by atoms with Gasteiger partial charge >= 0.3 is 0 Å². The Bertz CT molecular complexity index is 991. The van der Waals surface area contributed by atoms with E-state index in [0.29, 0.717) is 16.6 Å². The predicted molar refractivity (Wildman–Crippen MR) is 119 cm³/mol. The molecular weight excluding hydrogens is 425 g/mol. The van der Waals surface area contributed by atoms with Crippen LogP contribution in [0.1, 0.15) is 11.3 Å². The van der Waals surface area contributed by atoms with Gasteiger partial charge in [0, 0.05) is 16.8 Å². The molecule has 0 saturated carbocycles. The molecule has 3 rings (SSSR count). The van der Waals surface area contributed by atoms with Gasteiger partial charge in [0.2, 0.25) is 11.8 Å². The molecule has 3 aromatic rings. The van der Waals surface area contributed by atoms with Crippen LogP contribution in [0.15, 0.2) is 53.9 Å². The fraction of sp³-hybridized carbons (Fsp3) is 0.190. The van der Waals surface area contributed by atoms with Crippen LogP contribution in [0.5, 0.6) is 5.75 Å². The van der Waals surface area contributed by atoms with Crippen molar-refractivity contribution in [2.24, 2.45) is 0 Å². The molecular formula is C21H20FN3O3S2. The lowest BCUT2D eigenvalue weighted by Gasteiger charge is -2.04. The largest absolute Gasteiger partial charge is 0.497 e. The Morgan fingerprint density at radius 3 is 2.50 bits per heavy atom. The van der Waals surface area contributed by atoms with Crippen LogP contribution in [0.3, 0.4) is 0 Å². The number of carbonyl (C=O) groups is 2. The van der Waals surface area contributed by atoms with Gasteiger partial charge in [-0.3, -0.25) is 9.59 Å². The molecule has 0 aliphatic rings. The van der Waals surface area contributed by atoms with E-state index in [4.69, 9.17) is 4.74 Å². The van der Waals surface area contributed by atoms with Crippen molar-refractivity contribution >= 4 is 45.7 Å². The van der Waals surface area contributed by atoms with Gasteiger partial charge in [-0.1, -0.05) is 12.1 Å². The number of ether oxygens (including phenoxy) is 1. The normalized spacial score (nSPS) is 10.5. The first-order valence-corrected chi connectivity index (χ1v) is 11.1. The van der Waals surface area contributed by atoms with Crippen LogP contribution in [0, 0.1) is 5.82 Å². The second-order valence-corrected chi connectivity index (χ2v) is 8.11. The second-order valence-electron chi connectivity index (χ2n) is 6.26. The van der Waals surface area contributed by atoms with Crippen LogP contribution in [-0.4, -0.2) is 29.7 Å². The van der Waals surface area contributed by atoms with Crippen molar-refractivity contribution in [3.63, 3.8) is 0 Å². The minimum absolute atomic E-state index is 0.146. The van der Waals surface area contributed by atoms with E-state index in [1.807, 2.05) is 29.6 Å². The van der Waals surface area contributed by atoms with E-state index >= 15 is 0 Å². The Morgan fingerprint density at radius 1 is 1.07 bits per heavy atom. The van der Waals surface area contributed by atoms with Crippen molar-refractivity contribution in [2.75, 3.05) is 23.5 Å². The molecule has 1 heterocycles. The molecule has 2 amide bonds. The summed E-state index contributed by atoms with van der Waals surface area (Å²) in [6, 6.07) is 12.9. The van der Waals surface area contributed by atoms with Crippen molar-refractivity contribution in [3.8, 4) is 5.75 Å². The van der Waals surface area contributed by atoms with E-state index in [1.54, 1.807) is 7.11 Å². The molecule has 2 N–H and O–H groups in total. The Kier molecular flexibility index (Phi) is 7.81. The number of benzene rings is 2. The maximum absolute atomic E-state index is 12.9. The molecule has 0 saturated heterocycles. The average molecular weight is 446 g/mol. The number of amides is 2. The molecule has 9 heteroatoms. The molecule has 1 aromatic heterocycles. The van der Waals surface area contributed by atoms with E-state index in [2.05, 4.69) is 15.6 Å². The molecule has 0 aliphatic carbocycles. The number of nitrogens with zero attached hydrogens (tertiary/aromatic N) is 1. The highest BCUT2D eigenvalue weighted by Crippen LogP contribution is 2.20. The summed E-state index contributed by atoms with van der Waals surface area (Å²) in [6.07, 6.45) is 0.247. The lowest BCUT2D eigenvalue weighted by Crippen LogP contribution is -2.14. The summed E-state index contributed by atoms with van der Waals surface area (Å²) < 4.78 is 18.0. The molecule has 30 heavy (non-hydrogen) atoms. The van der Waals surface area contributed by atoms with Crippen LogP contribution in [0.4, 0.5) is 15.2 Å². The summed E-state index contributed by atoms with van der Waals surface area (Å²) in [5.41, 5.74) is 2.23. The quantitative estimate of drug-likeness (QED) is 0.512. The van der Waals surface area contributed by atoms with Crippen molar-refractivity contribution < 1.29 is 18.7 Å². The zero-order valence-corrected chi connectivity index (χ0v) is 17.8. The number of carbonyl (C=O) groups excluding carboxylic acids is 2. The standard InChI is InChI=1S/C21H20FN3O3S2/c1-28-18-8-2-14(3-9-18)10-19(26)25-21-24-17(12-30-21)11-29-13-20(27)23-16-6-4-15(22)5-7-16/h2-9,12H,10-11,13H2,1H3,(H,23,27)(H,24,25,26). The fourth-order valence-electron chi connectivity index (χ4n) is 2.50. The molecule has 2 aromatic carbocycles. The predicted octanol–water partition coefficient (Wildman–Crippen LogP) is 4.34. The summed E-state index contributed by atoms with van der Waals surface area (Å²) in [4.78, 5) is 28.5. The zero-order valence-electron chi connectivity index (χ0n) is 16.2. The highest BCUT2D eigenvalue weighted by molar-refractivity contribution is 7.99. The monoisotopic (exact) mass is 445 g/mol. The molecule has 0 bridgehead atoms. The van der Waals surface area contributed by atoms with Gasteiger partial charge in [-0.25, -0.2) is 9.37 Å². The third-order valence-corrected chi connectivity index (χ3v) is 5.71. The first kappa shape index (κ1) is 21.8. The van der Waals surface area contributed by atoms with Crippen molar-refractivity contribution in [1.29, 1.82) is 0 Å². The van der Waals surface area contributed by atoms with Crippen LogP contribution in [0.25, 0.3) is 0 Å². The molecule has 156 valence electrons. The number of hydrogen-bond donors (Lipinski definition) is 2. The van der Waals surface area contributed by atoms with Gasteiger partial charge in [0.25, 0.3) is 0 Å². The second kappa shape index (κ2) is 10.7. The summed E-state index contributed by atoms with van der Waals surface area (Å²) in [7, 11) is 1.60. The van der Waals surface area contributed by atoms with Gasteiger partial charge in [0.05, 0.1) is 25.0 Å². The van der Waals surface area contributed by atoms with Gasteiger partial charge in [-0.2, -0.15) is 0 Å². The first-order chi connectivity index (χ1) is 14.5. The lowest BCUT2D eigenvalue weighted by atomic mass is 10.1. The van der Waals surface area contributed by atoms with Gasteiger partial charge in [-0.15, -0.1) is 23.1 Å². The summed E-state index contributed by atoms with van der Waals surface area (Å²) in [6.45, 7) is 0. The molecule has 0 aliphatic heterocycles. The average Bonchev–Trinajstić information content (AvgIpc) is 3.17. The van der Waals surface area contributed by atoms with Crippen LogP contribution in [0.2, 0.25) is 0 Å². The third kappa shape index (κ3) is 6.85. The minimum Gasteiger partial charge on any atom is -0.497 e. The van der Waals surface area contributed by atoms with Crippen molar-refractivity contribution in [2.45, 2.75) is 12.2 Å². The molecule has 0 radical (unpaired) electrons. The van der Waals surface area contributed by atoms with E-state index in [-0.39, 0.29) is 29.8 Å². The van der Waals surface area contributed by atoms with Gasteiger partial charge in [-0.05, 0) is 42.0 Å². The lowest BCUT2D eigenvalue weighted by molar-refractivity contribution is -0.115. The maximum atomic E-state index is 12.9. The number of rotatable bonds is 9. The third-order valence-electron chi connectivity index (χ3n) is 3.93. The van der Waals surface area contributed by atoms with E-state index in [1.165, 1.54) is 47.4 Å². The fourth-order valence-corrected chi connectivity index (χ4v) is 4.05. The van der Waals surface area contributed by atoms with Gasteiger partial charge < -0.3 is 15.4 Å². The number of thioether (sulfide) groups is 1. The number of aromatic nitrogens is 1. The Labute approximate surface area is 181 Å². The van der Waals surface area contributed by atoms with Crippen LogP contribution >= 0.6 is 23.1 Å². The van der Waals surface area contributed by atoms with Gasteiger partial charge in [0.15, 0.2) is 5.13 Å². The van der Waals surface area contributed by atoms with E-state index in [0.717, 1.165) is 17.0 Å². The highest BCUT2D eigenvalue weighted by atomic mass is 32.2. The van der Waals surface area contributed by atoms with E-state index < -0.39 is 0 Å².